The topological polar surface area (TPSA) is 82.3 Å². The number of hydrogen-bond donors (Lipinski definition) is 2. The minimum Gasteiger partial charge on any atom is -0.493 e. The van der Waals surface area contributed by atoms with E-state index >= 15 is 0 Å². The molecule has 0 bridgehead atoms. The summed E-state index contributed by atoms with van der Waals surface area (Å²) in [6, 6.07) is 16.1. The number of aromatic nitrogens is 2. The molecule has 1 fully saturated rings. The Morgan fingerprint density at radius 3 is 2.24 bits per heavy atom. The Hall–Kier alpha value is -3.12. The van der Waals surface area contributed by atoms with E-state index in [0.717, 1.165) is 47.6 Å². The molecule has 4 rings (SSSR count). The van der Waals surface area contributed by atoms with Gasteiger partial charge >= 0.3 is 0 Å². The third-order valence-electron chi connectivity index (χ3n) is 6.26. The molecule has 6 heteroatoms. The first-order valence-corrected chi connectivity index (χ1v) is 12.0. The van der Waals surface area contributed by atoms with E-state index in [0.29, 0.717) is 5.92 Å². The quantitative estimate of drug-likeness (QED) is 0.464. The van der Waals surface area contributed by atoms with Crippen LogP contribution in [-0.2, 0) is 0 Å². The molecule has 6 nitrogen and oxygen atoms in total. The van der Waals surface area contributed by atoms with Crippen molar-refractivity contribution in [3.8, 4) is 22.6 Å². The van der Waals surface area contributed by atoms with Crippen LogP contribution in [0.4, 0.5) is 5.95 Å². The number of nitrogen functional groups attached to an aromatic ring is 1. The van der Waals surface area contributed by atoms with Gasteiger partial charge in [0.05, 0.1) is 6.61 Å². The van der Waals surface area contributed by atoms with Crippen molar-refractivity contribution in [2.75, 3.05) is 12.3 Å². The van der Waals surface area contributed by atoms with Gasteiger partial charge in [-0.15, -0.1) is 0 Å². The predicted octanol–water partition coefficient (Wildman–Crippen LogP) is 5.80. The van der Waals surface area contributed by atoms with E-state index < -0.39 is 0 Å². The van der Waals surface area contributed by atoms with Crippen molar-refractivity contribution in [3.63, 3.8) is 0 Å². The van der Waals surface area contributed by atoms with Gasteiger partial charge in [0.1, 0.15) is 17.6 Å². The van der Waals surface area contributed by atoms with Gasteiger partial charge in [0.2, 0.25) is 5.95 Å². The summed E-state index contributed by atoms with van der Waals surface area (Å²) in [5.41, 5.74) is 8.83. The lowest BCUT2D eigenvalue weighted by Crippen LogP contribution is -2.58. The second kappa shape index (κ2) is 9.63. The van der Waals surface area contributed by atoms with Gasteiger partial charge in [-0.1, -0.05) is 24.3 Å². The van der Waals surface area contributed by atoms with E-state index in [1.807, 2.05) is 43.3 Å². The van der Waals surface area contributed by atoms with Crippen LogP contribution in [0.15, 0.2) is 60.9 Å². The monoisotopic (exact) mass is 460 g/mol. The highest BCUT2D eigenvalue weighted by Crippen LogP contribution is 2.33. The van der Waals surface area contributed by atoms with E-state index in [2.05, 4.69) is 55.1 Å². The molecule has 1 atom stereocenters. The zero-order valence-electron chi connectivity index (χ0n) is 20.8. The average Bonchev–Trinajstić information content (AvgIpc) is 2.77. The molecule has 1 aliphatic heterocycles. The highest BCUT2D eigenvalue weighted by Gasteiger charge is 2.37. The van der Waals surface area contributed by atoms with Crippen molar-refractivity contribution in [1.82, 2.24) is 15.3 Å². The van der Waals surface area contributed by atoms with Gasteiger partial charge in [0.25, 0.3) is 0 Å². The zero-order valence-corrected chi connectivity index (χ0v) is 20.8. The summed E-state index contributed by atoms with van der Waals surface area (Å²) < 4.78 is 12.4. The summed E-state index contributed by atoms with van der Waals surface area (Å²) in [6.07, 6.45) is 5.56. The molecular formula is C28H36N4O2. The molecule has 34 heavy (non-hydrogen) atoms. The number of nitrogens with one attached hydrogen (secondary N) is 1. The molecule has 1 unspecified atom stereocenters. The molecule has 0 saturated carbocycles. The van der Waals surface area contributed by atoms with Crippen molar-refractivity contribution in [1.29, 1.82) is 0 Å². The molecule has 1 aliphatic rings. The van der Waals surface area contributed by atoms with Gasteiger partial charge in [-0.2, -0.15) is 0 Å². The molecule has 0 radical (unpaired) electrons. The Bertz CT molecular complexity index is 1080. The summed E-state index contributed by atoms with van der Waals surface area (Å²) in [5.74, 6) is 2.49. The van der Waals surface area contributed by atoms with E-state index in [4.69, 9.17) is 15.2 Å². The Kier molecular flexibility index (Phi) is 6.80. The summed E-state index contributed by atoms with van der Waals surface area (Å²) in [4.78, 5) is 8.14. The second-order valence-electron chi connectivity index (χ2n) is 10.7. The van der Waals surface area contributed by atoms with Crippen LogP contribution in [0, 0.1) is 5.92 Å². The van der Waals surface area contributed by atoms with Gasteiger partial charge < -0.3 is 20.5 Å². The van der Waals surface area contributed by atoms with Crippen LogP contribution in [-0.4, -0.2) is 27.7 Å². The van der Waals surface area contributed by atoms with Gasteiger partial charge in [-0.05, 0) is 88.8 Å². The van der Waals surface area contributed by atoms with Gasteiger partial charge in [0.15, 0.2) is 0 Å². The van der Waals surface area contributed by atoms with Gasteiger partial charge in [-0.25, -0.2) is 9.97 Å². The number of rotatable bonds is 7. The van der Waals surface area contributed by atoms with Crippen molar-refractivity contribution >= 4 is 5.95 Å². The van der Waals surface area contributed by atoms with Gasteiger partial charge in [0, 0.05) is 29.0 Å². The average molecular weight is 461 g/mol. The Morgan fingerprint density at radius 2 is 1.59 bits per heavy atom. The molecular weight excluding hydrogens is 424 g/mol. The number of nitrogens with zero attached hydrogens (tertiary/aromatic N) is 2. The first kappa shape index (κ1) is 24.0. The van der Waals surface area contributed by atoms with Crippen LogP contribution in [0.5, 0.6) is 11.5 Å². The molecule has 2 heterocycles. The Morgan fingerprint density at radius 1 is 0.941 bits per heavy atom. The predicted molar refractivity (Wildman–Crippen MR) is 137 cm³/mol. The fraction of sp³-hybridized carbons (Fsp3) is 0.429. The maximum Gasteiger partial charge on any atom is 0.219 e. The molecule has 1 aromatic heterocycles. The Labute approximate surface area is 202 Å². The largest absolute Gasteiger partial charge is 0.493 e. The lowest BCUT2D eigenvalue weighted by molar-refractivity contribution is 0.0935. The number of hydrogen-bond acceptors (Lipinski definition) is 6. The van der Waals surface area contributed by atoms with Crippen molar-refractivity contribution in [2.24, 2.45) is 5.92 Å². The minimum absolute atomic E-state index is 0.0991. The second-order valence-corrected chi connectivity index (χ2v) is 10.7. The van der Waals surface area contributed by atoms with E-state index in [1.54, 1.807) is 12.4 Å². The lowest BCUT2D eigenvalue weighted by atomic mass is 9.76. The maximum atomic E-state index is 6.21. The fourth-order valence-electron chi connectivity index (χ4n) is 5.21. The van der Waals surface area contributed by atoms with E-state index in [-0.39, 0.29) is 23.1 Å². The Balaban J connectivity index is 1.35. The molecule has 3 N–H and O–H groups in total. The molecule has 0 aliphatic carbocycles. The molecule has 180 valence electrons. The van der Waals surface area contributed by atoms with Crippen LogP contribution < -0.4 is 20.5 Å². The standard InChI is InChI=1S/C28H36N4O2/c1-19(34-25-8-6-7-22(13-25)23-16-30-26(29)31-17-23)21-9-11-24(12-10-21)33-18-20-14-27(2,3)32-28(4,5)15-20/h6-13,16-17,19-20,32H,14-15,18H2,1-5H3,(H2,29,30,31). The zero-order chi connectivity index (χ0) is 24.3. The highest BCUT2D eigenvalue weighted by molar-refractivity contribution is 5.63. The van der Waals surface area contributed by atoms with E-state index in [1.165, 1.54) is 0 Å². The molecule has 1 saturated heterocycles. The molecule has 3 aromatic rings. The molecule has 0 spiro atoms. The third-order valence-corrected chi connectivity index (χ3v) is 6.26. The van der Waals surface area contributed by atoms with Crippen LogP contribution in [0.1, 0.15) is 59.1 Å². The van der Waals surface area contributed by atoms with Gasteiger partial charge in [-0.3, -0.25) is 0 Å². The van der Waals surface area contributed by atoms with Crippen molar-refractivity contribution < 1.29 is 9.47 Å². The first-order valence-electron chi connectivity index (χ1n) is 12.0. The van der Waals surface area contributed by atoms with Crippen molar-refractivity contribution in [2.45, 2.75) is 64.6 Å². The van der Waals surface area contributed by atoms with Crippen LogP contribution >= 0.6 is 0 Å². The van der Waals surface area contributed by atoms with E-state index in [9.17, 15) is 0 Å². The fourth-order valence-corrected chi connectivity index (χ4v) is 5.21. The number of benzene rings is 2. The molecule has 0 amide bonds. The third kappa shape index (κ3) is 6.26. The summed E-state index contributed by atoms with van der Waals surface area (Å²) in [7, 11) is 0. The normalized spacial score (nSPS) is 18.3. The van der Waals surface area contributed by atoms with Crippen molar-refractivity contribution in [3.05, 3.63) is 66.5 Å². The summed E-state index contributed by atoms with van der Waals surface area (Å²) in [5, 5.41) is 3.73. The highest BCUT2D eigenvalue weighted by atomic mass is 16.5. The number of piperidine rings is 1. The maximum absolute atomic E-state index is 6.21. The number of ether oxygens (including phenoxy) is 2. The summed E-state index contributed by atoms with van der Waals surface area (Å²) in [6.45, 7) is 11.9. The molecule has 2 aromatic carbocycles. The number of anilines is 1. The number of nitrogens with two attached hydrogens (primary N) is 1. The smallest absolute Gasteiger partial charge is 0.219 e. The van der Waals surface area contributed by atoms with Crippen LogP contribution in [0.2, 0.25) is 0 Å². The first-order chi connectivity index (χ1) is 16.1. The summed E-state index contributed by atoms with van der Waals surface area (Å²) >= 11 is 0. The van der Waals surface area contributed by atoms with Crippen LogP contribution in [0.3, 0.4) is 0 Å². The minimum atomic E-state index is -0.0991. The lowest BCUT2D eigenvalue weighted by Gasteiger charge is -2.46. The van der Waals surface area contributed by atoms with Crippen LogP contribution in [0.25, 0.3) is 11.1 Å². The SMILES string of the molecule is CC(Oc1cccc(-c2cnc(N)nc2)c1)c1ccc(OCC2CC(C)(C)NC(C)(C)C2)cc1.